The lowest BCUT2D eigenvalue weighted by Gasteiger charge is -2.55. The molecule has 2 aromatic rings. The highest BCUT2D eigenvalue weighted by molar-refractivity contribution is 5.83. The minimum absolute atomic E-state index is 0.130. The summed E-state index contributed by atoms with van der Waals surface area (Å²) >= 11 is 0. The first-order chi connectivity index (χ1) is 12.4. The lowest BCUT2D eigenvalue weighted by atomic mass is 9.69. The number of aliphatic hydroxyl groups is 2. The number of nitrogens with zero attached hydrogens (tertiary/aromatic N) is 2. The fourth-order valence-corrected chi connectivity index (χ4v) is 4.67. The van der Waals surface area contributed by atoms with Crippen molar-refractivity contribution < 1.29 is 19.3 Å². The highest BCUT2D eigenvalue weighted by atomic mass is 19.1. The predicted molar refractivity (Wildman–Crippen MR) is 96.9 cm³/mol. The third-order valence-electron chi connectivity index (χ3n) is 6.28. The van der Waals surface area contributed by atoms with Gasteiger partial charge in [-0.1, -0.05) is 0 Å². The van der Waals surface area contributed by atoms with Crippen LogP contribution in [0.15, 0.2) is 30.5 Å². The maximum atomic E-state index is 14.0. The third-order valence-corrected chi connectivity index (χ3v) is 6.28. The van der Waals surface area contributed by atoms with E-state index in [1.165, 1.54) is 6.92 Å². The summed E-state index contributed by atoms with van der Waals surface area (Å²) in [5.74, 6) is 0.583. The zero-order valence-electron chi connectivity index (χ0n) is 15.1. The van der Waals surface area contributed by atoms with E-state index >= 15 is 0 Å². The molecule has 0 radical (unpaired) electrons. The third kappa shape index (κ3) is 2.68. The van der Waals surface area contributed by atoms with Crippen LogP contribution in [0.4, 0.5) is 4.39 Å². The van der Waals surface area contributed by atoms with E-state index in [9.17, 15) is 14.6 Å². The van der Waals surface area contributed by atoms with Crippen molar-refractivity contribution in [3.8, 4) is 5.75 Å². The molecule has 1 aromatic carbocycles. The summed E-state index contributed by atoms with van der Waals surface area (Å²) in [6.07, 6.45) is 1.04. The van der Waals surface area contributed by atoms with Gasteiger partial charge in [-0.25, -0.2) is 4.39 Å². The van der Waals surface area contributed by atoms with Gasteiger partial charge in [0, 0.05) is 24.2 Å². The summed E-state index contributed by atoms with van der Waals surface area (Å²) in [4.78, 5) is 6.40. The molecule has 2 bridgehead atoms. The highest BCUT2D eigenvalue weighted by Crippen LogP contribution is 2.45. The van der Waals surface area contributed by atoms with Crippen molar-refractivity contribution in [1.82, 2.24) is 9.88 Å². The number of hydrogen-bond acceptors (Lipinski definition) is 5. The lowest BCUT2D eigenvalue weighted by molar-refractivity contribution is -0.178. The molecule has 0 saturated carbocycles. The molecule has 5 rings (SSSR count). The molecule has 0 amide bonds. The van der Waals surface area contributed by atoms with E-state index in [2.05, 4.69) is 4.98 Å². The summed E-state index contributed by atoms with van der Waals surface area (Å²) in [6, 6.07) is 7.31. The van der Waals surface area contributed by atoms with E-state index in [1.54, 1.807) is 13.3 Å². The Morgan fingerprint density at radius 1 is 1.38 bits per heavy atom. The van der Waals surface area contributed by atoms with Crippen LogP contribution < -0.4 is 4.74 Å². The van der Waals surface area contributed by atoms with E-state index in [-0.39, 0.29) is 18.5 Å². The Morgan fingerprint density at radius 3 is 2.85 bits per heavy atom. The molecule has 4 heterocycles. The van der Waals surface area contributed by atoms with Crippen LogP contribution in [0, 0.1) is 5.92 Å². The number of benzene rings is 1. The van der Waals surface area contributed by atoms with Crippen molar-refractivity contribution >= 4 is 10.9 Å². The van der Waals surface area contributed by atoms with Gasteiger partial charge in [0.1, 0.15) is 17.5 Å². The molecule has 1 unspecified atom stereocenters. The smallest absolute Gasteiger partial charge is 0.127 e. The summed E-state index contributed by atoms with van der Waals surface area (Å²) in [5, 5.41) is 22.7. The number of aromatic nitrogens is 1. The van der Waals surface area contributed by atoms with Gasteiger partial charge in [0.05, 0.1) is 18.7 Å². The van der Waals surface area contributed by atoms with Crippen molar-refractivity contribution in [2.75, 3.05) is 20.2 Å². The maximum Gasteiger partial charge on any atom is 0.127 e. The number of piperidine rings is 3. The molecule has 0 aliphatic carbocycles. The SMILES string of the molecule is COc1ccc2nccc([C@@H](O)[C@H]3C[C@@H]4CCN3C[C@]4(O)[C@@H](C)F)c2c1. The lowest BCUT2D eigenvalue weighted by Crippen LogP contribution is -2.66. The molecular formula is C20H25FN2O3. The number of pyridine rings is 1. The number of rotatable bonds is 4. The molecular weight excluding hydrogens is 335 g/mol. The van der Waals surface area contributed by atoms with Crippen LogP contribution in [0.5, 0.6) is 5.75 Å². The first kappa shape index (κ1) is 17.6. The molecule has 140 valence electrons. The minimum atomic E-state index is -1.31. The summed E-state index contributed by atoms with van der Waals surface area (Å²) in [7, 11) is 1.61. The molecule has 3 aliphatic rings. The largest absolute Gasteiger partial charge is 0.497 e. The first-order valence-electron chi connectivity index (χ1n) is 9.15. The van der Waals surface area contributed by atoms with E-state index in [4.69, 9.17) is 4.74 Å². The van der Waals surface area contributed by atoms with Crippen molar-refractivity contribution in [1.29, 1.82) is 0 Å². The number of ether oxygens (including phenoxy) is 1. The second-order valence-electron chi connectivity index (χ2n) is 7.59. The standard InChI is InChI=1S/C20H25FN2O3/c1-12(21)20(25)11-23-8-6-13(20)9-18(23)19(24)15-5-7-22-17-4-3-14(26-2)10-16(15)17/h3-5,7,10,12-13,18-19,24-25H,6,8-9,11H2,1-2H3/t12-,13+,18-,19-,20+/m1/s1. The van der Waals surface area contributed by atoms with Gasteiger partial charge in [-0.05, 0) is 62.1 Å². The second-order valence-corrected chi connectivity index (χ2v) is 7.59. The fraction of sp³-hybridized carbons (Fsp3) is 0.550. The minimum Gasteiger partial charge on any atom is -0.497 e. The van der Waals surface area contributed by atoms with Gasteiger partial charge in [0.2, 0.25) is 0 Å². The molecule has 6 atom stereocenters. The number of halogens is 1. The zero-order chi connectivity index (χ0) is 18.5. The Bertz CT molecular complexity index is 815. The van der Waals surface area contributed by atoms with Gasteiger partial charge in [0.15, 0.2) is 0 Å². The van der Waals surface area contributed by atoms with E-state index < -0.39 is 17.9 Å². The van der Waals surface area contributed by atoms with Gasteiger partial charge < -0.3 is 14.9 Å². The Morgan fingerprint density at radius 2 is 2.19 bits per heavy atom. The monoisotopic (exact) mass is 360 g/mol. The highest BCUT2D eigenvalue weighted by Gasteiger charge is 2.53. The van der Waals surface area contributed by atoms with Crippen molar-refractivity contribution in [3.63, 3.8) is 0 Å². The van der Waals surface area contributed by atoms with E-state index in [1.807, 2.05) is 29.2 Å². The zero-order valence-corrected chi connectivity index (χ0v) is 15.1. The van der Waals surface area contributed by atoms with Crippen LogP contribution in [-0.4, -0.2) is 58.1 Å². The van der Waals surface area contributed by atoms with Crippen LogP contribution in [0.1, 0.15) is 31.4 Å². The molecule has 0 spiro atoms. The van der Waals surface area contributed by atoms with Crippen LogP contribution in [0.25, 0.3) is 10.9 Å². The van der Waals surface area contributed by atoms with Gasteiger partial charge in [-0.15, -0.1) is 0 Å². The molecule has 26 heavy (non-hydrogen) atoms. The average molecular weight is 360 g/mol. The van der Waals surface area contributed by atoms with Gasteiger partial charge >= 0.3 is 0 Å². The molecule has 5 nitrogen and oxygen atoms in total. The maximum absolute atomic E-state index is 14.0. The molecule has 2 N–H and O–H groups in total. The molecule has 6 heteroatoms. The second kappa shape index (κ2) is 6.44. The number of aliphatic hydroxyl groups excluding tert-OH is 1. The van der Waals surface area contributed by atoms with Crippen molar-refractivity contribution in [2.45, 2.75) is 43.7 Å². The number of hydrogen-bond donors (Lipinski definition) is 2. The first-order valence-corrected chi connectivity index (χ1v) is 9.15. The van der Waals surface area contributed by atoms with Crippen LogP contribution in [-0.2, 0) is 0 Å². The summed E-state index contributed by atoms with van der Waals surface area (Å²) in [6.45, 7) is 2.47. The van der Waals surface area contributed by atoms with Crippen molar-refractivity contribution in [2.24, 2.45) is 5.92 Å². The van der Waals surface area contributed by atoms with Crippen LogP contribution in [0.3, 0.4) is 0 Å². The summed E-state index contributed by atoms with van der Waals surface area (Å²) in [5.41, 5.74) is 0.286. The number of alkyl halides is 1. The summed E-state index contributed by atoms with van der Waals surface area (Å²) < 4.78 is 19.3. The Balaban J connectivity index is 1.67. The fourth-order valence-electron chi connectivity index (χ4n) is 4.67. The average Bonchev–Trinajstić information content (AvgIpc) is 2.66. The number of fused-ring (bicyclic) bond motifs is 4. The van der Waals surface area contributed by atoms with Gasteiger partial charge in [-0.2, -0.15) is 0 Å². The van der Waals surface area contributed by atoms with Crippen molar-refractivity contribution in [3.05, 3.63) is 36.0 Å². The normalized spacial score (nSPS) is 33.2. The Labute approximate surface area is 152 Å². The van der Waals surface area contributed by atoms with E-state index in [0.29, 0.717) is 12.2 Å². The van der Waals surface area contributed by atoms with Crippen LogP contribution >= 0.6 is 0 Å². The van der Waals surface area contributed by atoms with E-state index in [0.717, 1.165) is 29.4 Å². The molecule has 1 aromatic heterocycles. The number of methoxy groups -OCH3 is 1. The molecule has 3 aliphatic heterocycles. The predicted octanol–water partition coefficient (Wildman–Crippen LogP) is 2.46. The topological polar surface area (TPSA) is 65.8 Å². The molecule has 3 fully saturated rings. The molecule has 3 saturated heterocycles. The van der Waals surface area contributed by atoms with Gasteiger partial charge in [-0.3, -0.25) is 9.88 Å². The quantitative estimate of drug-likeness (QED) is 0.877. The van der Waals surface area contributed by atoms with Gasteiger partial charge in [0.25, 0.3) is 0 Å². The Hall–Kier alpha value is -1.76. The Kier molecular flexibility index (Phi) is 4.37. The van der Waals surface area contributed by atoms with Crippen LogP contribution in [0.2, 0.25) is 0 Å².